The van der Waals surface area contributed by atoms with Crippen LogP contribution in [0.4, 0.5) is 0 Å². The van der Waals surface area contributed by atoms with Crippen LogP contribution in [0, 0.1) is 0 Å². The molecule has 0 aromatic heterocycles. The fourth-order valence-corrected chi connectivity index (χ4v) is 2.73. The molecule has 2 saturated heterocycles. The van der Waals surface area contributed by atoms with Crippen LogP contribution in [0.3, 0.4) is 0 Å². The molecule has 0 radical (unpaired) electrons. The first kappa shape index (κ1) is 12.3. The smallest absolute Gasteiger partial charge is 0.0342 e. The third kappa shape index (κ3) is 3.42. The van der Waals surface area contributed by atoms with Gasteiger partial charge < -0.3 is 15.5 Å². The Labute approximate surface area is 99.4 Å². The second-order valence-corrected chi connectivity index (χ2v) is 5.35. The molecule has 0 spiro atoms. The highest BCUT2D eigenvalue weighted by molar-refractivity contribution is 4.83. The van der Waals surface area contributed by atoms with E-state index in [1.165, 1.54) is 32.5 Å². The first-order chi connectivity index (χ1) is 7.75. The number of likely N-dealkylation sites (N-methyl/N-ethyl adjacent to an activating group) is 2. The summed E-state index contributed by atoms with van der Waals surface area (Å²) in [5.41, 5.74) is 0. The van der Waals surface area contributed by atoms with Gasteiger partial charge in [-0.1, -0.05) is 0 Å². The lowest BCUT2D eigenvalue weighted by atomic mass is 10.1. The Morgan fingerprint density at radius 1 is 1.31 bits per heavy atom. The van der Waals surface area contributed by atoms with E-state index in [0.717, 1.165) is 19.6 Å². The summed E-state index contributed by atoms with van der Waals surface area (Å²) in [6, 6.07) is 1.37. The van der Waals surface area contributed by atoms with Crippen molar-refractivity contribution < 1.29 is 0 Å². The fourth-order valence-electron chi connectivity index (χ4n) is 2.73. The summed E-state index contributed by atoms with van der Waals surface area (Å²) in [5.74, 6) is 0. The highest BCUT2D eigenvalue weighted by Crippen LogP contribution is 2.08. The average molecular weight is 226 g/mol. The molecule has 0 aromatic carbocycles. The molecule has 16 heavy (non-hydrogen) atoms. The molecule has 2 rings (SSSR count). The zero-order chi connectivity index (χ0) is 11.4. The van der Waals surface area contributed by atoms with Crippen molar-refractivity contribution in [2.24, 2.45) is 0 Å². The third-order valence-electron chi connectivity index (χ3n) is 3.91. The number of piperidine rings is 1. The van der Waals surface area contributed by atoms with E-state index in [-0.39, 0.29) is 0 Å². The van der Waals surface area contributed by atoms with Crippen molar-refractivity contribution in [2.45, 2.75) is 24.9 Å². The standard InChI is InChI=1S/C12H26N4/c1-15-6-3-4-11(10-15)14-9-12-8-13-5-7-16(12)2/h11-14H,3-10H2,1-2H3. The molecule has 2 N–H and O–H groups in total. The number of nitrogens with one attached hydrogen (secondary N) is 2. The van der Waals surface area contributed by atoms with E-state index in [4.69, 9.17) is 0 Å². The van der Waals surface area contributed by atoms with Crippen LogP contribution in [0.25, 0.3) is 0 Å². The molecule has 0 amide bonds. The molecular weight excluding hydrogens is 200 g/mol. The summed E-state index contributed by atoms with van der Waals surface area (Å²) in [4.78, 5) is 4.90. The van der Waals surface area contributed by atoms with E-state index in [1.807, 2.05) is 0 Å². The van der Waals surface area contributed by atoms with Crippen LogP contribution in [0.1, 0.15) is 12.8 Å². The maximum Gasteiger partial charge on any atom is 0.0342 e. The highest BCUT2D eigenvalue weighted by Gasteiger charge is 2.21. The largest absolute Gasteiger partial charge is 0.314 e. The molecule has 2 heterocycles. The summed E-state index contributed by atoms with van der Waals surface area (Å²) in [7, 11) is 4.46. The van der Waals surface area contributed by atoms with Gasteiger partial charge in [-0.25, -0.2) is 0 Å². The molecule has 0 bridgehead atoms. The highest BCUT2D eigenvalue weighted by atomic mass is 15.2. The van der Waals surface area contributed by atoms with Crippen molar-refractivity contribution in [3.63, 3.8) is 0 Å². The van der Waals surface area contributed by atoms with Gasteiger partial charge in [0.25, 0.3) is 0 Å². The predicted molar refractivity (Wildman–Crippen MR) is 67.8 cm³/mol. The lowest BCUT2D eigenvalue weighted by Crippen LogP contribution is -2.55. The lowest BCUT2D eigenvalue weighted by Gasteiger charge is -2.36. The van der Waals surface area contributed by atoms with Crippen molar-refractivity contribution in [1.29, 1.82) is 0 Å². The summed E-state index contributed by atoms with van der Waals surface area (Å²) < 4.78 is 0. The Morgan fingerprint density at radius 3 is 2.94 bits per heavy atom. The van der Waals surface area contributed by atoms with Crippen LogP contribution < -0.4 is 10.6 Å². The van der Waals surface area contributed by atoms with E-state index in [2.05, 4.69) is 34.5 Å². The number of likely N-dealkylation sites (tertiary alicyclic amines) is 1. The van der Waals surface area contributed by atoms with Gasteiger partial charge in [-0.2, -0.15) is 0 Å². The number of hydrogen-bond acceptors (Lipinski definition) is 4. The minimum atomic E-state index is 0.668. The summed E-state index contributed by atoms with van der Waals surface area (Å²) in [5, 5.41) is 7.20. The Hall–Kier alpha value is -0.160. The van der Waals surface area contributed by atoms with Crippen LogP contribution >= 0.6 is 0 Å². The Bertz CT molecular complexity index is 209. The van der Waals surface area contributed by atoms with Gasteiger partial charge in [0.2, 0.25) is 0 Å². The van der Waals surface area contributed by atoms with Crippen LogP contribution in [0.2, 0.25) is 0 Å². The average Bonchev–Trinajstić information content (AvgIpc) is 2.28. The van der Waals surface area contributed by atoms with Crippen LogP contribution in [-0.4, -0.2) is 75.2 Å². The maximum atomic E-state index is 3.73. The van der Waals surface area contributed by atoms with Crippen LogP contribution in [0.5, 0.6) is 0 Å². The summed E-state index contributed by atoms with van der Waals surface area (Å²) in [6.45, 7) is 7.05. The predicted octanol–water partition coefficient (Wildman–Crippen LogP) is -0.426. The van der Waals surface area contributed by atoms with Crippen molar-refractivity contribution in [1.82, 2.24) is 20.4 Å². The molecule has 2 fully saturated rings. The minimum absolute atomic E-state index is 0.668. The van der Waals surface area contributed by atoms with E-state index in [1.54, 1.807) is 0 Å². The first-order valence-electron chi connectivity index (χ1n) is 6.58. The number of nitrogens with zero attached hydrogens (tertiary/aromatic N) is 2. The Balaban J connectivity index is 1.69. The monoisotopic (exact) mass is 226 g/mol. The van der Waals surface area contributed by atoms with Crippen LogP contribution in [0.15, 0.2) is 0 Å². The third-order valence-corrected chi connectivity index (χ3v) is 3.91. The van der Waals surface area contributed by atoms with Gasteiger partial charge in [0.05, 0.1) is 0 Å². The topological polar surface area (TPSA) is 30.5 Å². The quantitative estimate of drug-likeness (QED) is 0.684. The molecule has 0 aromatic rings. The molecule has 4 heteroatoms. The Kier molecular flexibility index (Phi) is 4.58. The number of rotatable bonds is 3. The summed E-state index contributed by atoms with van der Waals surface area (Å²) in [6.07, 6.45) is 2.68. The van der Waals surface area contributed by atoms with Gasteiger partial charge in [0.1, 0.15) is 0 Å². The molecule has 2 aliphatic heterocycles. The summed E-state index contributed by atoms with van der Waals surface area (Å²) >= 11 is 0. The van der Waals surface area contributed by atoms with Crippen molar-refractivity contribution in [2.75, 3.05) is 53.4 Å². The molecule has 94 valence electrons. The molecule has 4 nitrogen and oxygen atoms in total. The molecule has 0 saturated carbocycles. The number of hydrogen-bond donors (Lipinski definition) is 2. The van der Waals surface area contributed by atoms with Gasteiger partial charge in [-0.3, -0.25) is 4.90 Å². The first-order valence-corrected chi connectivity index (χ1v) is 6.58. The maximum absolute atomic E-state index is 3.73. The molecular formula is C12H26N4. The SMILES string of the molecule is CN1CCCC(NCC2CNCCN2C)C1. The van der Waals surface area contributed by atoms with Gasteiger partial charge in [-0.05, 0) is 33.5 Å². The normalized spacial score (nSPS) is 34.1. The van der Waals surface area contributed by atoms with Gasteiger partial charge in [0.15, 0.2) is 0 Å². The zero-order valence-electron chi connectivity index (χ0n) is 10.7. The van der Waals surface area contributed by atoms with Crippen molar-refractivity contribution >= 4 is 0 Å². The van der Waals surface area contributed by atoms with E-state index < -0.39 is 0 Å². The Morgan fingerprint density at radius 2 is 2.19 bits per heavy atom. The van der Waals surface area contributed by atoms with Gasteiger partial charge in [0, 0.05) is 44.8 Å². The van der Waals surface area contributed by atoms with Crippen molar-refractivity contribution in [3.8, 4) is 0 Å². The minimum Gasteiger partial charge on any atom is -0.314 e. The molecule has 2 aliphatic rings. The van der Waals surface area contributed by atoms with E-state index >= 15 is 0 Å². The zero-order valence-corrected chi connectivity index (χ0v) is 10.7. The number of piperazine rings is 1. The second kappa shape index (κ2) is 5.96. The second-order valence-electron chi connectivity index (χ2n) is 5.35. The lowest BCUT2D eigenvalue weighted by molar-refractivity contribution is 0.174. The molecule has 2 unspecified atom stereocenters. The van der Waals surface area contributed by atoms with Gasteiger partial charge in [-0.15, -0.1) is 0 Å². The van der Waals surface area contributed by atoms with Crippen LogP contribution in [-0.2, 0) is 0 Å². The molecule has 2 atom stereocenters. The van der Waals surface area contributed by atoms with E-state index in [9.17, 15) is 0 Å². The fraction of sp³-hybridized carbons (Fsp3) is 1.00. The van der Waals surface area contributed by atoms with E-state index in [0.29, 0.717) is 12.1 Å². The molecule has 0 aliphatic carbocycles. The van der Waals surface area contributed by atoms with Gasteiger partial charge >= 0.3 is 0 Å². The van der Waals surface area contributed by atoms with Crippen molar-refractivity contribution in [3.05, 3.63) is 0 Å².